The Morgan fingerprint density at radius 3 is 2.80 bits per heavy atom. The third-order valence-electron chi connectivity index (χ3n) is 4.49. The number of hydrogen-bond donors (Lipinski definition) is 1. The zero-order valence-electron chi connectivity index (χ0n) is 15.4. The van der Waals surface area contributed by atoms with Crippen LogP contribution < -0.4 is 11.4 Å². The van der Waals surface area contributed by atoms with Crippen LogP contribution in [0.15, 0.2) is 52.3 Å². The van der Waals surface area contributed by atoms with Crippen molar-refractivity contribution in [2.24, 2.45) is 10.7 Å². The van der Waals surface area contributed by atoms with E-state index in [1.54, 1.807) is 6.07 Å². The van der Waals surface area contributed by atoms with Crippen LogP contribution in [0.5, 0.6) is 0 Å². The number of nitrogens with zero attached hydrogens (tertiary/aromatic N) is 4. The van der Waals surface area contributed by atoms with E-state index in [2.05, 4.69) is 10.1 Å². The van der Waals surface area contributed by atoms with Crippen LogP contribution in [0, 0.1) is 5.82 Å². The molecule has 2 aromatic heterocycles. The second-order valence-corrected chi connectivity index (χ2v) is 7.59. The summed E-state index contributed by atoms with van der Waals surface area (Å²) in [6.07, 6.45) is 3.12. The van der Waals surface area contributed by atoms with E-state index in [4.69, 9.17) is 5.73 Å². The Kier molecular flexibility index (Phi) is 6.40. The van der Waals surface area contributed by atoms with Crippen molar-refractivity contribution >= 4 is 35.9 Å². The number of aromatic nitrogens is 3. The van der Waals surface area contributed by atoms with Crippen molar-refractivity contribution in [3.63, 3.8) is 0 Å². The van der Waals surface area contributed by atoms with Crippen LogP contribution >= 0.6 is 23.7 Å². The first-order valence-corrected chi connectivity index (χ1v) is 9.43. The minimum Gasteiger partial charge on any atom is -0.327 e. The van der Waals surface area contributed by atoms with Gasteiger partial charge in [-0.2, -0.15) is 5.10 Å². The van der Waals surface area contributed by atoms with Gasteiger partial charge in [-0.05, 0) is 35.4 Å². The average molecular weight is 452 g/mol. The van der Waals surface area contributed by atoms with Crippen LogP contribution in [0.2, 0.25) is 0 Å². The molecule has 11 heteroatoms. The van der Waals surface area contributed by atoms with E-state index in [9.17, 15) is 18.4 Å². The van der Waals surface area contributed by atoms with Crippen LogP contribution in [-0.4, -0.2) is 33.0 Å². The highest BCUT2D eigenvalue weighted by molar-refractivity contribution is 7.15. The van der Waals surface area contributed by atoms with Crippen molar-refractivity contribution in [2.75, 3.05) is 6.54 Å². The molecule has 1 amide bonds. The molecule has 156 valence electrons. The highest BCUT2D eigenvalue weighted by atomic mass is 35.5. The zero-order chi connectivity index (χ0) is 20.5. The molecular weight excluding hydrogens is 436 g/mol. The second-order valence-electron chi connectivity index (χ2n) is 6.42. The molecule has 1 aliphatic heterocycles. The molecule has 2 N–H and O–H groups in total. The van der Waals surface area contributed by atoms with E-state index in [0.29, 0.717) is 17.5 Å². The molecule has 1 aliphatic rings. The summed E-state index contributed by atoms with van der Waals surface area (Å²) in [5.74, 6) is -1.18. The van der Waals surface area contributed by atoms with Crippen molar-refractivity contribution in [3.8, 4) is 10.4 Å². The maximum Gasteiger partial charge on any atom is 0.346 e. The van der Waals surface area contributed by atoms with E-state index < -0.39 is 11.7 Å². The molecule has 0 radical (unpaired) electrons. The van der Waals surface area contributed by atoms with Crippen molar-refractivity contribution < 1.29 is 13.6 Å². The van der Waals surface area contributed by atoms with Crippen LogP contribution in [0.4, 0.5) is 8.78 Å². The molecule has 0 unspecified atom stereocenters. The number of rotatable bonds is 6. The molecule has 0 bridgehead atoms. The lowest BCUT2D eigenvalue weighted by Crippen LogP contribution is -2.26. The zero-order valence-corrected chi connectivity index (χ0v) is 17.1. The Balaban J connectivity index is 0.00000256. The second kappa shape index (κ2) is 8.82. The summed E-state index contributed by atoms with van der Waals surface area (Å²) < 4.78 is 29.5. The van der Waals surface area contributed by atoms with Crippen molar-refractivity contribution in [3.05, 3.63) is 74.8 Å². The number of halogens is 3. The maximum atomic E-state index is 14.3. The van der Waals surface area contributed by atoms with Gasteiger partial charge in [0.05, 0.1) is 25.0 Å². The standard InChI is InChI=1S/C19H15F2N5O2S.ClH/c20-5-11(6-22)8-26-19(28)25(10-24-26)9-14-1-2-16(29-14)12-3-13-7-23-18(27)17(13)15(21)4-12;/h1-5,7,10H,6,8-9,22H2;1H/b11-5+;. The number of amides is 1. The molecule has 0 atom stereocenters. The van der Waals surface area contributed by atoms with E-state index in [-0.39, 0.29) is 48.9 Å². The number of benzene rings is 1. The largest absolute Gasteiger partial charge is 0.346 e. The maximum absolute atomic E-state index is 14.3. The first-order chi connectivity index (χ1) is 14.0. The predicted molar refractivity (Wildman–Crippen MR) is 113 cm³/mol. The molecule has 3 aromatic rings. The van der Waals surface area contributed by atoms with Crippen molar-refractivity contribution in [2.45, 2.75) is 13.1 Å². The quantitative estimate of drug-likeness (QED) is 0.623. The lowest BCUT2D eigenvalue weighted by atomic mass is 10.0. The first-order valence-electron chi connectivity index (χ1n) is 8.61. The number of fused-ring (bicyclic) bond motifs is 1. The Hall–Kier alpha value is -2.95. The topological polar surface area (TPSA) is 95.3 Å². The highest BCUT2D eigenvalue weighted by Gasteiger charge is 2.22. The monoisotopic (exact) mass is 451 g/mol. The Morgan fingerprint density at radius 1 is 1.27 bits per heavy atom. The summed E-state index contributed by atoms with van der Waals surface area (Å²) in [7, 11) is 0. The lowest BCUT2D eigenvalue weighted by molar-refractivity contribution is 0.100. The smallest absolute Gasteiger partial charge is 0.327 e. The number of carbonyl (C=O) groups excluding carboxylic acids is 1. The summed E-state index contributed by atoms with van der Waals surface area (Å²) in [6.45, 7) is 0.259. The predicted octanol–water partition coefficient (Wildman–Crippen LogP) is 2.77. The minimum absolute atomic E-state index is 0. The lowest BCUT2D eigenvalue weighted by Gasteiger charge is -2.03. The fraction of sp³-hybridized carbons (Fsp3) is 0.158. The number of carbonyl (C=O) groups is 1. The molecule has 0 spiro atoms. The number of hydrogen-bond acceptors (Lipinski definition) is 5. The Morgan fingerprint density at radius 2 is 2.07 bits per heavy atom. The third kappa shape index (κ3) is 4.02. The van der Waals surface area contributed by atoms with Crippen LogP contribution in [0.1, 0.15) is 20.8 Å². The van der Waals surface area contributed by atoms with Crippen LogP contribution in [-0.2, 0) is 13.1 Å². The van der Waals surface area contributed by atoms with Gasteiger partial charge in [-0.1, -0.05) is 0 Å². The number of aliphatic imine (C=N–C) groups is 1. The van der Waals surface area contributed by atoms with Crippen molar-refractivity contribution in [1.82, 2.24) is 14.3 Å². The SMILES string of the molecule is Cl.NC/C(=C\F)Cn1ncn(Cc2ccc(-c3cc(F)c4c(c3)C=NC4=O)s2)c1=O. The van der Waals surface area contributed by atoms with Gasteiger partial charge in [0, 0.05) is 28.1 Å². The molecule has 3 heterocycles. The third-order valence-corrected chi connectivity index (χ3v) is 5.61. The highest BCUT2D eigenvalue weighted by Crippen LogP contribution is 2.32. The van der Waals surface area contributed by atoms with Gasteiger partial charge in [-0.25, -0.2) is 23.2 Å². The Labute approximate surface area is 179 Å². The van der Waals surface area contributed by atoms with Gasteiger partial charge in [0.1, 0.15) is 12.1 Å². The van der Waals surface area contributed by atoms with E-state index >= 15 is 0 Å². The molecule has 30 heavy (non-hydrogen) atoms. The molecular formula is C19H16ClF2N5O2S. The number of thiophene rings is 1. The normalized spacial score (nSPS) is 12.9. The molecule has 7 nitrogen and oxygen atoms in total. The van der Waals surface area contributed by atoms with Gasteiger partial charge in [-0.3, -0.25) is 9.36 Å². The van der Waals surface area contributed by atoms with Gasteiger partial charge in [0.15, 0.2) is 0 Å². The fourth-order valence-electron chi connectivity index (χ4n) is 3.00. The van der Waals surface area contributed by atoms with Gasteiger partial charge in [-0.15, -0.1) is 23.7 Å². The van der Waals surface area contributed by atoms with E-state index in [1.807, 2.05) is 12.1 Å². The molecule has 1 aromatic carbocycles. The summed E-state index contributed by atoms with van der Waals surface area (Å²) >= 11 is 1.39. The Bertz CT molecular complexity index is 1230. The van der Waals surface area contributed by atoms with Crippen LogP contribution in [0.3, 0.4) is 0 Å². The van der Waals surface area contributed by atoms with Gasteiger partial charge in [0.25, 0.3) is 5.91 Å². The minimum atomic E-state index is -0.607. The summed E-state index contributed by atoms with van der Waals surface area (Å²) in [5.41, 5.74) is 6.36. The van der Waals surface area contributed by atoms with Crippen LogP contribution in [0.25, 0.3) is 10.4 Å². The fourth-order valence-corrected chi connectivity index (χ4v) is 3.99. The summed E-state index contributed by atoms with van der Waals surface area (Å²) in [5, 5.41) is 3.98. The first kappa shape index (κ1) is 21.8. The molecule has 4 rings (SSSR count). The molecule has 0 fully saturated rings. The molecule has 0 saturated heterocycles. The van der Waals surface area contributed by atoms with Gasteiger partial charge < -0.3 is 5.73 Å². The summed E-state index contributed by atoms with van der Waals surface area (Å²) in [4.78, 5) is 29.2. The van der Waals surface area contributed by atoms with E-state index in [1.165, 1.54) is 34.5 Å². The molecule has 0 aliphatic carbocycles. The average Bonchev–Trinajstić information content (AvgIpc) is 3.41. The summed E-state index contributed by atoms with van der Waals surface area (Å²) in [6, 6.07) is 6.68. The van der Waals surface area contributed by atoms with Gasteiger partial charge in [0.2, 0.25) is 0 Å². The molecule has 0 saturated carbocycles. The van der Waals surface area contributed by atoms with E-state index in [0.717, 1.165) is 14.4 Å². The number of nitrogens with two attached hydrogens (primary N) is 1. The van der Waals surface area contributed by atoms with Crippen molar-refractivity contribution in [1.29, 1.82) is 0 Å². The van der Waals surface area contributed by atoms with Gasteiger partial charge >= 0.3 is 5.69 Å².